The summed E-state index contributed by atoms with van der Waals surface area (Å²) in [6.45, 7) is 4.03. The summed E-state index contributed by atoms with van der Waals surface area (Å²) < 4.78 is 6.95. The standard InChI is InChI=1S/C24H28ClN5O3/c1-15-6-8-30(9-7-15)22-12-19(18(25)13-27-22)28-17-4-5-20-16(10-17)11-21(24(32)29(20)3)33-14-23(31)26-2/h4-5,10-13,15H,6-9,14H2,1-3H3,(H,26,31)(H,27,28). The van der Waals surface area contributed by atoms with E-state index in [2.05, 4.69) is 27.4 Å². The highest BCUT2D eigenvalue weighted by Crippen LogP contribution is 2.31. The van der Waals surface area contributed by atoms with Crippen LogP contribution in [-0.2, 0) is 11.8 Å². The Bertz CT molecular complexity index is 1230. The molecule has 2 N–H and O–H groups in total. The van der Waals surface area contributed by atoms with E-state index in [0.717, 1.165) is 59.9 Å². The lowest BCUT2D eigenvalue weighted by Gasteiger charge is -2.31. The first-order valence-electron chi connectivity index (χ1n) is 11.0. The summed E-state index contributed by atoms with van der Waals surface area (Å²) in [5.74, 6) is 1.46. The molecule has 3 aromatic rings. The topological polar surface area (TPSA) is 88.5 Å². The van der Waals surface area contributed by atoms with Gasteiger partial charge in [0.15, 0.2) is 12.4 Å². The predicted octanol–water partition coefficient (Wildman–Crippen LogP) is 3.69. The zero-order valence-corrected chi connectivity index (χ0v) is 19.8. The average molecular weight is 470 g/mol. The van der Waals surface area contributed by atoms with Crippen molar-refractivity contribution < 1.29 is 9.53 Å². The van der Waals surface area contributed by atoms with E-state index in [-0.39, 0.29) is 23.8 Å². The molecule has 1 amide bonds. The molecule has 0 atom stereocenters. The van der Waals surface area contributed by atoms with Gasteiger partial charge in [-0.05, 0) is 43.0 Å². The van der Waals surface area contributed by atoms with E-state index in [1.165, 1.54) is 11.6 Å². The van der Waals surface area contributed by atoms with Crippen LogP contribution in [0.3, 0.4) is 0 Å². The Morgan fingerprint density at radius 2 is 2.00 bits per heavy atom. The molecule has 33 heavy (non-hydrogen) atoms. The second kappa shape index (κ2) is 9.70. The Labute approximate surface area is 197 Å². The summed E-state index contributed by atoms with van der Waals surface area (Å²) in [4.78, 5) is 30.9. The Morgan fingerprint density at radius 1 is 1.24 bits per heavy atom. The van der Waals surface area contributed by atoms with Crippen molar-refractivity contribution in [2.45, 2.75) is 19.8 Å². The molecule has 1 aromatic carbocycles. The monoisotopic (exact) mass is 469 g/mol. The highest BCUT2D eigenvalue weighted by molar-refractivity contribution is 6.33. The largest absolute Gasteiger partial charge is 0.478 e. The average Bonchev–Trinajstić information content (AvgIpc) is 2.82. The van der Waals surface area contributed by atoms with Gasteiger partial charge in [0.25, 0.3) is 11.5 Å². The lowest BCUT2D eigenvalue weighted by molar-refractivity contribution is -0.122. The Balaban J connectivity index is 1.61. The number of aryl methyl sites for hydroxylation is 1. The van der Waals surface area contributed by atoms with E-state index in [1.54, 1.807) is 19.3 Å². The van der Waals surface area contributed by atoms with Gasteiger partial charge < -0.3 is 24.8 Å². The summed E-state index contributed by atoms with van der Waals surface area (Å²) in [6.07, 6.45) is 3.98. The number of hydrogen-bond donors (Lipinski definition) is 2. The number of fused-ring (bicyclic) bond motifs is 1. The molecule has 0 radical (unpaired) electrons. The maximum atomic E-state index is 12.6. The fourth-order valence-corrected chi connectivity index (χ4v) is 4.09. The van der Waals surface area contributed by atoms with E-state index in [9.17, 15) is 9.59 Å². The number of aromatic nitrogens is 2. The summed E-state index contributed by atoms with van der Waals surface area (Å²) >= 11 is 6.44. The maximum absolute atomic E-state index is 12.6. The number of nitrogens with one attached hydrogen (secondary N) is 2. The zero-order valence-electron chi connectivity index (χ0n) is 19.0. The number of nitrogens with zero attached hydrogens (tertiary/aromatic N) is 3. The van der Waals surface area contributed by atoms with Gasteiger partial charge in [0, 0.05) is 44.3 Å². The van der Waals surface area contributed by atoms with Crippen molar-refractivity contribution in [2.24, 2.45) is 13.0 Å². The van der Waals surface area contributed by atoms with Crippen LogP contribution in [0.1, 0.15) is 19.8 Å². The number of anilines is 3. The SMILES string of the molecule is CNC(=O)COc1cc2cc(Nc3cc(N4CCC(C)CC4)ncc3Cl)ccc2n(C)c1=O. The summed E-state index contributed by atoms with van der Waals surface area (Å²) in [7, 11) is 3.19. The van der Waals surface area contributed by atoms with Crippen molar-refractivity contribution in [1.82, 2.24) is 14.9 Å². The molecule has 0 unspecified atom stereocenters. The van der Waals surface area contributed by atoms with E-state index >= 15 is 0 Å². The predicted molar refractivity (Wildman–Crippen MR) is 132 cm³/mol. The van der Waals surface area contributed by atoms with Gasteiger partial charge >= 0.3 is 0 Å². The third-order valence-electron chi connectivity index (χ3n) is 6.06. The highest BCUT2D eigenvalue weighted by atomic mass is 35.5. The molecule has 1 fully saturated rings. The first-order valence-corrected chi connectivity index (χ1v) is 11.4. The van der Waals surface area contributed by atoms with Crippen LogP contribution in [-0.4, -0.2) is 42.2 Å². The molecule has 0 aliphatic carbocycles. The fourth-order valence-electron chi connectivity index (χ4n) is 3.94. The van der Waals surface area contributed by atoms with Gasteiger partial charge in [-0.25, -0.2) is 4.98 Å². The molecule has 2 aromatic heterocycles. The van der Waals surface area contributed by atoms with Crippen LogP contribution in [0.25, 0.3) is 10.9 Å². The number of rotatable bonds is 6. The second-order valence-electron chi connectivity index (χ2n) is 8.43. The van der Waals surface area contributed by atoms with Crippen molar-refractivity contribution in [1.29, 1.82) is 0 Å². The minimum Gasteiger partial charge on any atom is -0.478 e. The Hall–Kier alpha value is -3.26. The number of pyridine rings is 2. The molecular weight excluding hydrogens is 442 g/mol. The minimum atomic E-state index is -0.307. The number of likely N-dealkylation sites (N-methyl/N-ethyl adjacent to an activating group) is 1. The molecule has 0 spiro atoms. The maximum Gasteiger partial charge on any atom is 0.293 e. The molecule has 3 heterocycles. The van der Waals surface area contributed by atoms with Gasteiger partial charge in [-0.2, -0.15) is 0 Å². The number of ether oxygens (including phenoxy) is 1. The molecule has 1 aliphatic heterocycles. The van der Waals surface area contributed by atoms with Crippen LogP contribution in [0.4, 0.5) is 17.2 Å². The van der Waals surface area contributed by atoms with Crippen LogP contribution in [0, 0.1) is 5.92 Å². The van der Waals surface area contributed by atoms with Gasteiger partial charge in [0.05, 0.1) is 22.4 Å². The molecule has 0 saturated carbocycles. The molecule has 8 nitrogen and oxygen atoms in total. The van der Waals surface area contributed by atoms with Gasteiger partial charge in [-0.3, -0.25) is 9.59 Å². The van der Waals surface area contributed by atoms with E-state index in [4.69, 9.17) is 16.3 Å². The lowest BCUT2D eigenvalue weighted by Crippen LogP contribution is -2.33. The second-order valence-corrected chi connectivity index (χ2v) is 8.83. The summed E-state index contributed by atoms with van der Waals surface area (Å²) in [6, 6.07) is 9.30. The van der Waals surface area contributed by atoms with E-state index < -0.39 is 0 Å². The van der Waals surface area contributed by atoms with Crippen LogP contribution in [0.5, 0.6) is 5.75 Å². The fraction of sp³-hybridized carbons (Fsp3) is 0.375. The highest BCUT2D eigenvalue weighted by Gasteiger charge is 2.18. The number of carbonyl (C=O) groups is 1. The number of benzene rings is 1. The molecule has 174 valence electrons. The number of hydrogen-bond acceptors (Lipinski definition) is 6. The van der Waals surface area contributed by atoms with Crippen molar-refractivity contribution in [2.75, 3.05) is 37.0 Å². The van der Waals surface area contributed by atoms with Crippen LogP contribution in [0.2, 0.25) is 5.02 Å². The van der Waals surface area contributed by atoms with Crippen molar-refractivity contribution in [3.8, 4) is 5.75 Å². The lowest BCUT2D eigenvalue weighted by atomic mass is 9.99. The quantitative estimate of drug-likeness (QED) is 0.572. The molecule has 1 saturated heterocycles. The van der Waals surface area contributed by atoms with Crippen LogP contribution < -0.4 is 25.8 Å². The van der Waals surface area contributed by atoms with Gasteiger partial charge in [-0.1, -0.05) is 18.5 Å². The number of amides is 1. The number of halogens is 1. The van der Waals surface area contributed by atoms with Crippen molar-refractivity contribution >= 4 is 45.6 Å². The van der Waals surface area contributed by atoms with Crippen molar-refractivity contribution in [3.05, 3.63) is 51.9 Å². The van der Waals surface area contributed by atoms with Crippen LogP contribution in [0.15, 0.2) is 41.3 Å². The Morgan fingerprint density at radius 3 is 2.73 bits per heavy atom. The number of carbonyl (C=O) groups excluding carboxylic acids is 1. The third kappa shape index (κ3) is 5.06. The van der Waals surface area contributed by atoms with Crippen molar-refractivity contribution in [3.63, 3.8) is 0 Å². The van der Waals surface area contributed by atoms with E-state index in [0.29, 0.717) is 5.02 Å². The first-order chi connectivity index (χ1) is 15.9. The van der Waals surface area contributed by atoms with Crippen LogP contribution >= 0.6 is 11.6 Å². The molecule has 4 rings (SSSR count). The molecule has 0 bridgehead atoms. The van der Waals surface area contributed by atoms with Gasteiger partial charge in [0.1, 0.15) is 5.82 Å². The first kappa shape index (κ1) is 22.9. The summed E-state index contributed by atoms with van der Waals surface area (Å²) in [5.41, 5.74) is 2.02. The molecular formula is C24H28ClN5O3. The van der Waals surface area contributed by atoms with E-state index in [1.807, 2.05) is 24.3 Å². The van der Waals surface area contributed by atoms with Gasteiger partial charge in [-0.15, -0.1) is 0 Å². The zero-order chi connectivity index (χ0) is 23.5. The smallest absolute Gasteiger partial charge is 0.293 e. The number of piperidine rings is 1. The molecule has 9 heteroatoms. The third-order valence-corrected chi connectivity index (χ3v) is 6.36. The molecule has 1 aliphatic rings. The normalized spacial score (nSPS) is 14.4. The minimum absolute atomic E-state index is 0.120. The Kier molecular flexibility index (Phi) is 6.74. The summed E-state index contributed by atoms with van der Waals surface area (Å²) in [5, 5.41) is 7.17. The van der Waals surface area contributed by atoms with Gasteiger partial charge in [0.2, 0.25) is 0 Å².